The van der Waals surface area contributed by atoms with Gasteiger partial charge in [0.1, 0.15) is 0 Å². The number of hydrogen-bond acceptors (Lipinski definition) is 3. The fourth-order valence-corrected chi connectivity index (χ4v) is 1.96. The van der Waals surface area contributed by atoms with Crippen LogP contribution in [0.5, 0.6) is 0 Å². The number of nitrogens with one attached hydrogen (secondary N) is 1. The van der Waals surface area contributed by atoms with E-state index in [4.69, 9.17) is 22.4 Å². The van der Waals surface area contributed by atoms with E-state index in [1.807, 2.05) is 0 Å². The molecule has 0 saturated carbocycles. The molecule has 0 aromatic heterocycles. The molecule has 4 N–H and O–H groups in total. The number of aromatic carboxylic acids is 1. The van der Waals surface area contributed by atoms with Crippen molar-refractivity contribution in [3.63, 3.8) is 0 Å². The molecular weight excluding hydrogens is 292 g/mol. The minimum Gasteiger partial charge on any atom is -0.478 e. The Balaban J connectivity index is 2.14. The Kier molecular flexibility index (Phi) is 4.45. The third kappa shape index (κ3) is 3.97. The van der Waals surface area contributed by atoms with Gasteiger partial charge in [0.15, 0.2) is 0 Å². The minimum absolute atomic E-state index is 0.00587. The summed E-state index contributed by atoms with van der Waals surface area (Å²) in [6.45, 7) is 0. The molecular formula is C15H13ClN2O3. The molecule has 0 aliphatic carbocycles. The summed E-state index contributed by atoms with van der Waals surface area (Å²) in [5, 5.41) is 12.2. The monoisotopic (exact) mass is 304 g/mol. The first-order valence-electron chi connectivity index (χ1n) is 6.13. The highest BCUT2D eigenvalue weighted by molar-refractivity contribution is 6.30. The third-order valence-corrected chi connectivity index (χ3v) is 3.08. The van der Waals surface area contributed by atoms with Crippen LogP contribution in [0.1, 0.15) is 15.9 Å². The van der Waals surface area contributed by atoms with Gasteiger partial charge in [0.05, 0.1) is 17.7 Å². The zero-order valence-electron chi connectivity index (χ0n) is 11.0. The van der Waals surface area contributed by atoms with Crippen molar-refractivity contribution < 1.29 is 14.7 Å². The van der Waals surface area contributed by atoms with Gasteiger partial charge in [-0.1, -0.05) is 23.7 Å². The first kappa shape index (κ1) is 14.9. The fourth-order valence-electron chi connectivity index (χ4n) is 1.83. The maximum absolute atomic E-state index is 12.0. The van der Waals surface area contributed by atoms with E-state index in [9.17, 15) is 9.59 Å². The van der Waals surface area contributed by atoms with Crippen LogP contribution >= 0.6 is 11.6 Å². The maximum atomic E-state index is 12.0. The number of nitrogens with two attached hydrogens (primary N) is 1. The molecule has 0 radical (unpaired) electrons. The molecule has 1 amide bonds. The predicted octanol–water partition coefficient (Wildman–Crippen LogP) is 2.80. The molecule has 0 fully saturated rings. The number of anilines is 2. The summed E-state index contributed by atoms with van der Waals surface area (Å²) in [7, 11) is 0. The van der Waals surface area contributed by atoms with Gasteiger partial charge in [-0.05, 0) is 35.9 Å². The lowest BCUT2D eigenvalue weighted by Crippen LogP contribution is -2.17. The molecule has 0 bridgehead atoms. The summed E-state index contributed by atoms with van der Waals surface area (Å²) in [5.74, 6) is -1.46. The van der Waals surface area contributed by atoms with Gasteiger partial charge in [-0.2, -0.15) is 0 Å². The summed E-state index contributed by atoms with van der Waals surface area (Å²) in [5.41, 5.74) is 6.94. The molecule has 6 heteroatoms. The zero-order chi connectivity index (χ0) is 15.4. The topological polar surface area (TPSA) is 92.4 Å². The first-order valence-corrected chi connectivity index (χ1v) is 6.50. The van der Waals surface area contributed by atoms with Gasteiger partial charge in [-0.25, -0.2) is 4.79 Å². The molecule has 21 heavy (non-hydrogen) atoms. The van der Waals surface area contributed by atoms with Crippen LogP contribution in [-0.4, -0.2) is 17.0 Å². The number of benzene rings is 2. The van der Waals surface area contributed by atoms with Crippen LogP contribution in [0.15, 0.2) is 42.5 Å². The van der Waals surface area contributed by atoms with Gasteiger partial charge in [-0.3, -0.25) is 4.79 Å². The fraction of sp³-hybridized carbons (Fsp3) is 0.0667. The summed E-state index contributed by atoms with van der Waals surface area (Å²) in [6.07, 6.45) is 0.116. The van der Waals surface area contributed by atoms with Crippen LogP contribution in [0.4, 0.5) is 11.4 Å². The first-order chi connectivity index (χ1) is 9.95. The molecule has 0 aliphatic rings. The van der Waals surface area contributed by atoms with E-state index in [0.29, 0.717) is 10.7 Å². The Morgan fingerprint density at radius 3 is 2.43 bits per heavy atom. The second kappa shape index (κ2) is 6.28. The van der Waals surface area contributed by atoms with Gasteiger partial charge in [0.2, 0.25) is 5.91 Å². The number of halogens is 1. The molecule has 0 heterocycles. The lowest BCUT2D eigenvalue weighted by molar-refractivity contribution is -0.115. The lowest BCUT2D eigenvalue weighted by atomic mass is 10.1. The number of nitrogen functional groups attached to an aromatic ring is 1. The summed E-state index contributed by atoms with van der Waals surface area (Å²) < 4.78 is 0. The van der Waals surface area contributed by atoms with E-state index in [2.05, 4.69) is 5.32 Å². The number of carboxylic acid groups (broad SMARTS) is 1. The van der Waals surface area contributed by atoms with E-state index in [1.165, 1.54) is 18.2 Å². The van der Waals surface area contributed by atoms with Crippen molar-refractivity contribution in [2.75, 3.05) is 11.1 Å². The highest BCUT2D eigenvalue weighted by atomic mass is 35.5. The number of amides is 1. The van der Waals surface area contributed by atoms with Crippen LogP contribution in [0.3, 0.4) is 0 Å². The van der Waals surface area contributed by atoms with Crippen LogP contribution in [0.2, 0.25) is 5.02 Å². The van der Waals surface area contributed by atoms with Crippen molar-refractivity contribution in [1.82, 2.24) is 0 Å². The van der Waals surface area contributed by atoms with E-state index in [-0.39, 0.29) is 23.6 Å². The predicted molar refractivity (Wildman–Crippen MR) is 81.6 cm³/mol. The van der Waals surface area contributed by atoms with Gasteiger partial charge < -0.3 is 16.2 Å². The van der Waals surface area contributed by atoms with E-state index >= 15 is 0 Å². The van der Waals surface area contributed by atoms with Crippen LogP contribution in [-0.2, 0) is 11.2 Å². The Hall–Kier alpha value is -2.53. The van der Waals surface area contributed by atoms with Crippen molar-refractivity contribution in [2.24, 2.45) is 0 Å². The molecule has 0 saturated heterocycles. The summed E-state index contributed by atoms with van der Waals surface area (Å²) in [6, 6.07) is 11.1. The Morgan fingerprint density at radius 2 is 1.81 bits per heavy atom. The summed E-state index contributed by atoms with van der Waals surface area (Å²) >= 11 is 5.77. The van der Waals surface area contributed by atoms with E-state index < -0.39 is 5.97 Å². The molecule has 108 valence electrons. The molecule has 2 rings (SSSR count). The van der Waals surface area contributed by atoms with Crippen molar-refractivity contribution in [2.45, 2.75) is 6.42 Å². The number of hydrogen-bond donors (Lipinski definition) is 3. The highest BCUT2D eigenvalue weighted by Crippen LogP contribution is 2.20. The molecule has 5 nitrogen and oxygen atoms in total. The van der Waals surface area contributed by atoms with E-state index in [0.717, 1.165) is 5.56 Å². The highest BCUT2D eigenvalue weighted by Gasteiger charge is 2.13. The second-order valence-electron chi connectivity index (χ2n) is 4.46. The smallest absolute Gasteiger partial charge is 0.337 e. The average Bonchev–Trinajstić information content (AvgIpc) is 2.41. The Bertz CT molecular complexity index is 684. The minimum atomic E-state index is -1.13. The molecule has 0 aliphatic heterocycles. The van der Waals surface area contributed by atoms with Crippen molar-refractivity contribution in [3.05, 3.63) is 58.6 Å². The van der Waals surface area contributed by atoms with Gasteiger partial charge in [0, 0.05) is 10.7 Å². The standard InChI is InChI=1S/C15H13ClN2O3/c16-10-3-1-9(2-4-10)7-14(19)18-13-8-11(17)5-6-12(13)15(20)21/h1-6,8H,7,17H2,(H,18,19)(H,20,21). The van der Waals surface area contributed by atoms with Crippen molar-refractivity contribution in [3.8, 4) is 0 Å². The molecule has 0 spiro atoms. The van der Waals surface area contributed by atoms with Crippen molar-refractivity contribution >= 4 is 34.9 Å². The maximum Gasteiger partial charge on any atom is 0.337 e. The zero-order valence-corrected chi connectivity index (χ0v) is 11.7. The largest absolute Gasteiger partial charge is 0.478 e. The third-order valence-electron chi connectivity index (χ3n) is 2.83. The van der Waals surface area contributed by atoms with Gasteiger partial charge in [0.25, 0.3) is 0 Å². The molecule has 2 aromatic carbocycles. The average molecular weight is 305 g/mol. The number of carboxylic acids is 1. The molecule has 0 atom stereocenters. The van der Waals surface area contributed by atoms with E-state index in [1.54, 1.807) is 24.3 Å². The molecule has 2 aromatic rings. The van der Waals surface area contributed by atoms with Gasteiger partial charge >= 0.3 is 5.97 Å². The number of rotatable bonds is 4. The second-order valence-corrected chi connectivity index (χ2v) is 4.90. The number of carbonyl (C=O) groups excluding carboxylic acids is 1. The number of carbonyl (C=O) groups is 2. The normalized spacial score (nSPS) is 10.1. The Morgan fingerprint density at radius 1 is 1.14 bits per heavy atom. The Labute approximate surface area is 126 Å². The van der Waals surface area contributed by atoms with Gasteiger partial charge in [-0.15, -0.1) is 0 Å². The lowest BCUT2D eigenvalue weighted by Gasteiger charge is -2.09. The van der Waals surface area contributed by atoms with Crippen LogP contribution in [0, 0.1) is 0 Å². The molecule has 0 unspecified atom stereocenters. The SMILES string of the molecule is Nc1ccc(C(=O)O)c(NC(=O)Cc2ccc(Cl)cc2)c1. The van der Waals surface area contributed by atoms with Crippen LogP contribution in [0.25, 0.3) is 0 Å². The van der Waals surface area contributed by atoms with Crippen molar-refractivity contribution in [1.29, 1.82) is 0 Å². The van der Waals surface area contributed by atoms with Crippen LogP contribution < -0.4 is 11.1 Å². The summed E-state index contributed by atoms with van der Waals surface area (Å²) in [4.78, 5) is 23.1. The quantitative estimate of drug-likeness (QED) is 0.757.